The molecular weight excluding hydrogens is 320 g/mol. The molecule has 1 aromatic heterocycles. The van der Waals surface area contributed by atoms with Gasteiger partial charge in [0.2, 0.25) is 5.95 Å². The minimum atomic E-state index is -1.18. The van der Waals surface area contributed by atoms with Crippen LogP contribution in [-0.4, -0.2) is 45.3 Å². The SMILES string of the molecule is Cc1nc(N)nc(N2CC[C@@H](O)[C@@](CC3CC3)(C(=O)O)C2)c1Cl. The van der Waals surface area contributed by atoms with Crippen LogP contribution in [0.4, 0.5) is 11.8 Å². The lowest BCUT2D eigenvalue weighted by molar-refractivity contribution is -0.158. The Hall–Kier alpha value is -1.60. The molecule has 2 heterocycles. The molecular formula is C15H21ClN4O3. The highest BCUT2D eigenvalue weighted by Gasteiger charge is 2.52. The first-order valence-corrected chi connectivity index (χ1v) is 8.17. The van der Waals surface area contributed by atoms with Gasteiger partial charge in [0.1, 0.15) is 10.4 Å². The third kappa shape index (κ3) is 2.95. The van der Waals surface area contributed by atoms with E-state index in [1.54, 1.807) is 6.92 Å². The van der Waals surface area contributed by atoms with E-state index in [1.165, 1.54) is 0 Å². The van der Waals surface area contributed by atoms with Gasteiger partial charge in [-0.15, -0.1) is 0 Å². The van der Waals surface area contributed by atoms with Crippen LogP contribution in [0.15, 0.2) is 0 Å². The number of hydrogen-bond donors (Lipinski definition) is 3. The number of aliphatic hydroxyl groups is 1. The number of rotatable bonds is 4. The summed E-state index contributed by atoms with van der Waals surface area (Å²) in [6.45, 7) is 2.39. The highest BCUT2D eigenvalue weighted by atomic mass is 35.5. The first-order valence-electron chi connectivity index (χ1n) is 7.79. The fourth-order valence-electron chi connectivity index (χ4n) is 3.37. The summed E-state index contributed by atoms with van der Waals surface area (Å²) in [5.74, 6) is -0.0222. The third-order valence-electron chi connectivity index (χ3n) is 4.88. The van der Waals surface area contributed by atoms with Crippen molar-refractivity contribution in [3.05, 3.63) is 10.7 Å². The molecule has 0 aromatic carbocycles. The van der Waals surface area contributed by atoms with E-state index in [4.69, 9.17) is 17.3 Å². The number of nitrogens with zero attached hydrogens (tertiary/aromatic N) is 3. The maximum Gasteiger partial charge on any atom is 0.314 e. The van der Waals surface area contributed by atoms with Crippen LogP contribution >= 0.6 is 11.6 Å². The van der Waals surface area contributed by atoms with Crippen molar-refractivity contribution in [1.82, 2.24) is 9.97 Å². The number of hydrogen-bond acceptors (Lipinski definition) is 6. The number of nitrogens with two attached hydrogens (primary N) is 1. The largest absolute Gasteiger partial charge is 0.481 e. The lowest BCUT2D eigenvalue weighted by Gasteiger charge is -2.44. The number of piperidine rings is 1. The van der Waals surface area contributed by atoms with E-state index in [1.807, 2.05) is 4.90 Å². The van der Waals surface area contributed by atoms with Crippen LogP contribution in [0.3, 0.4) is 0 Å². The summed E-state index contributed by atoms with van der Waals surface area (Å²) in [6, 6.07) is 0. The van der Waals surface area contributed by atoms with Gasteiger partial charge in [0.25, 0.3) is 0 Å². The predicted octanol–water partition coefficient (Wildman–Crippen LogP) is 1.46. The zero-order valence-corrected chi connectivity index (χ0v) is 13.8. The highest BCUT2D eigenvalue weighted by Crippen LogP contribution is 2.46. The number of aliphatic hydroxyl groups excluding tert-OH is 1. The average molecular weight is 341 g/mol. The summed E-state index contributed by atoms with van der Waals surface area (Å²) in [4.78, 5) is 22.0. The van der Waals surface area contributed by atoms with Crippen LogP contribution in [0.25, 0.3) is 0 Å². The van der Waals surface area contributed by atoms with Crippen LogP contribution in [0, 0.1) is 18.3 Å². The molecule has 0 amide bonds. The van der Waals surface area contributed by atoms with Crippen LogP contribution in [0.2, 0.25) is 5.02 Å². The number of halogens is 1. The van der Waals surface area contributed by atoms with Crippen LogP contribution < -0.4 is 10.6 Å². The van der Waals surface area contributed by atoms with E-state index < -0.39 is 17.5 Å². The summed E-state index contributed by atoms with van der Waals surface area (Å²) in [6.07, 6.45) is 2.04. The first kappa shape index (κ1) is 16.3. The smallest absolute Gasteiger partial charge is 0.314 e. The van der Waals surface area contributed by atoms with Crippen molar-refractivity contribution < 1.29 is 15.0 Å². The van der Waals surface area contributed by atoms with E-state index in [0.717, 1.165) is 12.8 Å². The van der Waals surface area contributed by atoms with E-state index in [9.17, 15) is 15.0 Å². The van der Waals surface area contributed by atoms with Gasteiger partial charge in [-0.3, -0.25) is 4.79 Å². The van der Waals surface area contributed by atoms with Gasteiger partial charge in [-0.2, -0.15) is 4.98 Å². The molecule has 23 heavy (non-hydrogen) atoms. The standard InChI is InChI=1S/C15H21ClN4O3/c1-8-11(16)12(19-14(17)18-8)20-5-4-10(21)15(7-20,13(22)23)6-9-2-3-9/h9-10,21H,2-7H2,1H3,(H,22,23)(H2,17,18,19)/t10-,15+/m1/s1. The van der Waals surface area contributed by atoms with Gasteiger partial charge in [-0.25, -0.2) is 4.98 Å². The molecule has 0 unspecified atom stereocenters. The lowest BCUT2D eigenvalue weighted by atomic mass is 9.73. The molecule has 1 aliphatic heterocycles. The van der Waals surface area contributed by atoms with Crippen molar-refractivity contribution in [2.75, 3.05) is 23.7 Å². The number of carboxylic acid groups (broad SMARTS) is 1. The number of aliphatic carboxylic acids is 1. The number of aromatic nitrogens is 2. The summed E-state index contributed by atoms with van der Waals surface area (Å²) in [7, 11) is 0. The second kappa shape index (κ2) is 5.79. The first-order chi connectivity index (χ1) is 10.8. The molecule has 1 aliphatic carbocycles. The number of aryl methyl sites for hydroxylation is 1. The third-order valence-corrected chi connectivity index (χ3v) is 5.32. The molecule has 1 aromatic rings. The summed E-state index contributed by atoms with van der Waals surface area (Å²) >= 11 is 6.29. The number of nitrogen functional groups attached to an aromatic ring is 1. The molecule has 2 atom stereocenters. The quantitative estimate of drug-likeness (QED) is 0.760. The fraction of sp³-hybridized carbons (Fsp3) is 0.667. The van der Waals surface area contributed by atoms with E-state index in [2.05, 4.69) is 9.97 Å². The minimum absolute atomic E-state index is 0.108. The average Bonchev–Trinajstić information content (AvgIpc) is 3.29. The van der Waals surface area contributed by atoms with E-state index in [0.29, 0.717) is 41.8 Å². The highest BCUT2D eigenvalue weighted by molar-refractivity contribution is 6.33. The second-order valence-electron chi connectivity index (χ2n) is 6.64. The molecule has 2 aliphatic rings. The molecule has 8 heteroatoms. The topological polar surface area (TPSA) is 113 Å². The number of carboxylic acids is 1. The summed E-state index contributed by atoms with van der Waals surface area (Å²) < 4.78 is 0. The van der Waals surface area contributed by atoms with Crippen molar-refractivity contribution in [3.8, 4) is 0 Å². The summed E-state index contributed by atoms with van der Waals surface area (Å²) in [5.41, 5.74) is 5.08. The number of anilines is 2. The van der Waals surface area contributed by atoms with E-state index in [-0.39, 0.29) is 12.5 Å². The Morgan fingerprint density at radius 3 is 2.74 bits per heavy atom. The van der Waals surface area contributed by atoms with Gasteiger partial charge in [0, 0.05) is 13.1 Å². The maximum absolute atomic E-state index is 12.0. The van der Waals surface area contributed by atoms with Crippen molar-refractivity contribution in [3.63, 3.8) is 0 Å². The van der Waals surface area contributed by atoms with Crippen molar-refractivity contribution in [1.29, 1.82) is 0 Å². The van der Waals surface area contributed by atoms with Crippen LogP contribution in [-0.2, 0) is 4.79 Å². The van der Waals surface area contributed by atoms with Gasteiger partial charge < -0.3 is 20.8 Å². The second-order valence-corrected chi connectivity index (χ2v) is 7.02. The van der Waals surface area contributed by atoms with Crippen LogP contribution in [0.1, 0.15) is 31.4 Å². The maximum atomic E-state index is 12.0. The van der Waals surface area contributed by atoms with E-state index >= 15 is 0 Å². The Morgan fingerprint density at radius 2 is 2.13 bits per heavy atom. The molecule has 4 N–H and O–H groups in total. The monoisotopic (exact) mass is 340 g/mol. The Kier molecular flexibility index (Phi) is 4.10. The van der Waals surface area contributed by atoms with Gasteiger partial charge in [-0.1, -0.05) is 24.4 Å². The molecule has 7 nitrogen and oxygen atoms in total. The number of carbonyl (C=O) groups is 1. The van der Waals surface area contributed by atoms with Crippen LogP contribution in [0.5, 0.6) is 0 Å². The molecule has 1 saturated carbocycles. The van der Waals surface area contributed by atoms with Gasteiger partial charge in [0.15, 0.2) is 5.82 Å². The Labute approximate surface area is 139 Å². The molecule has 2 fully saturated rings. The molecule has 1 saturated heterocycles. The predicted molar refractivity (Wildman–Crippen MR) is 86.4 cm³/mol. The zero-order chi connectivity index (χ0) is 16.8. The van der Waals surface area contributed by atoms with Gasteiger partial charge >= 0.3 is 5.97 Å². The Balaban J connectivity index is 1.94. The molecule has 0 bridgehead atoms. The Morgan fingerprint density at radius 1 is 1.43 bits per heavy atom. The normalized spacial score (nSPS) is 28.0. The molecule has 0 spiro atoms. The molecule has 126 valence electrons. The zero-order valence-electron chi connectivity index (χ0n) is 13.0. The van der Waals surface area contributed by atoms with Crippen molar-refractivity contribution in [2.45, 2.75) is 38.7 Å². The van der Waals surface area contributed by atoms with Crippen molar-refractivity contribution in [2.24, 2.45) is 11.3 Å². The molecule has 3 rings (SSSR count). The lowest BCUT2D eigenvalue weighted by Crippen LogP contribution is -2.56. The van der Waals surface area contributed by atoms with Gasteiger partial charge in [-0.05, 0) is 25.7 Å². The minimum Gasteiger partial charge on any atom is -0.481 e. The fourth-order valence-corrected chi connectivity index (χ4v) is 3.57. The van der Waals surface area contributed by atoms with Crippen molar-refractivity contribution >= 4 is 29.3 Å². The molecule has 0 radical (unpaired) electrons. The Bertz CT molecular complexity index is 637. The van der Waals surface area contributed by atoms with Gasteiger partial charge in [0.05, 0.1) is 11.8 Å². The summed E-state index contributed by atoms with van der Waals surface area (Å²) in [5, 5.41) is 20.6.